The van der Waals surface area contributed by atoms with E-state index in [0.717, 1.165) is 29.4 Å². The molecule has 4 heterocycles. The number of para-hydroxylation sites is 1. The molecule has 6 rings (SSSR count). The summed E-state index contributed by atoms with van der Waals surface area (Å²) in [6.45, 7) is 1.30. The molecule has 0 spiro atoms. The zero-order valence-corrected chi connectivity index (χ0v) is 24.5. The van der Waals surface area contributed by atoms with E-state index in [9.17, 15) is 12.8 Å². The molecule has 220 valence electrons. The smallest absolute Gasteiger partial charge is 0.209 e. The molecule has 3 N–H and O–H groups in total. The summed E-state index contributed by atoms with van der Waals surface area (Å²) in [7, 11) is 0.543. The lowest BCUT2D eigenvalue weighted by Gasteiger charge is -2.11. The van der Waals surface area contributed by atoms with Crippen LogP contribution in [0.3, 0.4) is 0 Å². The van der Waals surface area contributed by atoms with Crippen LogP contribution in [0.25, 0.3) is 56.0 Å². The van der Waals surface area contributed by atoms with Crippen molar-refractivity contribution in [1.29, 1.82) is 0 Å². The Morgan fingerprint density at radius 3 is 2.65 bits per heavy atom. The molecule has 2 aromatic carbocycles. The second-order valence-corrected chi connectivity index (χ2v) is 12.3. The summed E-state index contributed by atoms with van der Waals surface area (Å²) in [6.07, 6.45) is 4.47. The van der Waals surface area contributed by atoms with Crippen molar-refractivity contribution >= 4 is 32.1 Å². The molecule has 43 heavy (non-hydrogen) atoms. The maximum absolute atomic E-state index is 14.6. The molecule has 0 amide bonds. The molecule has 0 saturated heterocycles. The maximum Gasteiger partial charge on any atom is 0.209 e. The number of pyridine rings is 2. The number of nitrogens with zero attached hydrogens (tertiary/aromatic N) is 5. The molecule has 6 aromatic rings. The Balaban J connectivity index is 1.35. The highest BCUT2D eigenvalue weighted by Gasteiger charge is 2.18. The average molecular weight is 601 g/mol. The number of benzene rings is 2. The highest BCUT2D eigenvalue weighted by molar-refractivity contribution is 7.88. The molecule has 13 heteroatoms. The van der Waals surface area contributed by atoms with Crippen LogP contribution in [-0.2, 0) is 16.6 Å². The van der Waals surface area contributed by atoms with Crippen LogP contribution in [0.15, 0.2) is 67.0 Å². The van der Waals surface area contributed by atoms with Crippen LogP contribution in [0.2, 0.25) is 0 Å². The first-order valence-corrected chi connectivity index (χ1v) is 15.3. The van der Waals surface area contributed by atoms with Crippen molar-refractivity contribution in [1.82, 2.24) is 39.8 Å². The SMILES string of the molecule is CN(C)CCOc1cncc(-c2ccc3[nH]nc(-c4nc5c(-c6cc(F)cc(CNS(C)(=O)=O)c6)cccc5[nH]4)c3n2)c1. The number of rotatable bonds is 10. The fraction of sp³-hybridized carbons (Fsp3) is 0.200. The van der Waals surface area contributed by atoms with Gasteiger partial charge >= 0.3 is 0 Å². The molecule has 0 fully saturated rings. The Labute approximate surface area is 247 Å². The first-order chi connectivity index (χ1) is 20.6. The number of likely N-dealkylation sites (N-methyl/N-ethyl adjacent to an activating group) is 1. The van der Waals surface area contributed by atoms with Gasteiger partial charge in [-0.2, -0.15) is 5.10 Å². The van der Waals surface area contributed by atoms with Crippen LogP contribution in [0.4, 0.5) is 4.39 Å². The Kier molecular flexibility index (Phi) is 7.61. The van der Waals surface area contributed by atoms with Crippen molar-refractivity contribution < 1.29 is 17.5 Å². The van der Waals surface area contributed by atoms with E-state index >= 15 is 0 Å². The number of aromatic amines is 2. The number of hydrogen-bond acceptors (Lipinski definition) is 8. The van der Waals surface area contributed by atoms with Crippen molar-refractivity contribution in [3.05, 3.63) is 78.4 Å². The van der Waals surface area contributed by atoms with Crippen LogP contribution in [-0.4, -0.2) is 77.0 Å². The fourth-order valence-electron chi connectivity index (χ4n) is 4.71. The molecular weight excluding hydrogens is 571 g/mol. The van der Waals surface area contributed by atoms with Gasteiger partial charge in [-0.25, -0.2) is 27.5 Å². The van der Waals surface area contributed by atoms with E-state index in [1.165, 1.54) is 12.1 Å². The predicted molar refractivity (Wildman–Crippen MR) is 163 cm³/mol. The fourth-order valence-corrected chi connectivity index (χ4v) is 5.14. The lowest BCUT2D eigenvalue weighted by atomic mass is 10.0. The summed E-state index contributed by atoms with van der Waals surface area (Å²) in [4.78, 5) is 19.4. The van der Waals surface area contributed by atoms with Crippen LogP contribution >= 0.6 is 0 Å². The van der Waals surface area contributed by atoms with Gasteiger partial charge in [-0.05, 0) is 67.7 Å². The number of sulfonamides is 1. The molecule has 11 nitrogen and oxygen atoms in total. The standard InChI is InChI=1S/C30H29FN8O3S/c1-39(2)9-10-42-22-14-20(16-32-17-22)24-7-8-26-28(34-24)29(38-37-26)30-35-25-6-4-5-23(27(25)36-30)19-11-18(12-21(31)13-19)15-33-43(3,40)41/h4-8,11-14,16-17,33H,9-10,15H2,1-3H3,(H,35,36)(H,37,38). The zero-order chi connectivity index (χ0) is 30.1. The van der Waals surface area contributed by atoms with E-state index in [1.54, 1.807) is 18.5 Å². The minimum atomic E-state index is -3.43. The first-order valence-electron chi connectivity index (χ1n) is 13.4. The molecule has 0 aliphatic carbocycles. The third-order valence-electron chi connectivity index (χ3n) is 6.77. The van der Waals surface area contributed by atoms with Crippen LogP contribution in [0, 0.1) is 5.82 Å². The first kappa shape index (κ1) is 28.4. The van der Waals surface area contributed by atoms with Crippen molar-refractivity contribution in [3.8, 4) is 39.7 Å². The van der Waals surface area contributed by atoms with Gasteiger partial charge in [0.25, 0.3) is 0 Å². The highest BCUT2D eigenvalue weighted by atomic mass is 32.2. The normalized spacial score (nSPS) is 12.0. The summed E-state index contributed by atoms with van der Waals surface area (Å²) in [6, 6.07) is 15.7. The van der Waals surface area contributed by atoms with Gasteiger partial charge in [0.2, 0.25) is 10.0 Å². The second kappa shape index (κ2) is 11.5. The van der Waals surface area contributed by atoms with Gasteiger partial charge in [0.15, 0.2) is 11.5 Å². The number of halogens is 1. The van der Waals surface area contributed by atoms with Crippen LogP contribution in [0.5, 0.6) is 5.75 Å². The predicted octanol–water partition coefficient (Wildman–Crippen LogP) is 4.36. The van der Waals surface area contributed by atoms with Gasteiger partial charge in [0, 0.05) is 30.4 Å². The topological polar surface area (TPSA) is 142 Å². The summed E-state index contributed by atoms with van der Waals surface area (Å²) >= 11 is 0. The van der Waals surface area contributed by atoms with Crippen molar-refractivity contribution in [2.75, 3.05) is 33.5 Å². The number of fused-ring (bicyclic) bond motifs is 2. The van der Waals surface area contributed by atoms with Crippen molar-refractivity contribution in [3.63, 3.8) is 0 Å². The molecule has 0 aliphatic rings. The number of nitrogens with one attached hydrogen (secondary N) is 3. The van der Waals surface area contributed by atoms with E-state index in [2.05, 4.69) is 24.9 Å². The van der Waals surface area contributed by atoms with Gasteiger partial charge in [0.05, 0.1) is 34.7 Å². The van der Waals surface area contributed by atoms with Gasteiger partial charge in [-0.3, -0.25) is 10.1 Å². The third-order valence-corrected chi connectivity index (χ3v) is 7.44. The minimum Gasteiger partial charge on any atom is -0.491 e. The van der Waals surface area contributed by atoms with E-state index in [1.807, 2.05) is 55.4 Å². The van der Waals surface area contributed by atoms with Crippen molar-refractivity contribution in [2.45, 2.75) is 6.54 Å². The highest BCUT2D eigenvalue weighted by Crippen LogP contribution is 2.33. The summed E-state index contributed by atoms with van der Waals surface area (Å²) in [5.74, 6) is 0.672. The summed E-state index contributed by atoms with van der Waals surface area (Å²) in [5, 5.41) is 7.52. The monoisotopic (exact) mass is 600 g/mol. The van der Waals surface area contributed by atoms with E-state index < -0.39 is 15.8 Å². The molecule has 0 saturated carbocycles. The lowest BCUT2D eigenvalue weighted by molar-refractivity contribution is 0.261. The van der Waals surface area contributed by atoms with Crippen LogP contribution < -0.4 is 9.46 Å². The van der Waals surface area contributed by atoms with Crippen molar-refractivity contribution in [2.24, 2.45) is 0 Å². The lowest BCUT2D eigenvalue weighted by Crippen LogP contribution is -2.21. The average Bonchev–Trinajstić information content (AvgIpc) is 3.59. The summed E-state index contributed by atoms with van der Waals surface area (Å²) in [5.41, 5.74) is 6.48. The van der Waals surface area contributed by atoms with E-state index in [4.69, 9.17) is 14.7 Å². The number of aromatic nitrogens is 6. The third kappa shape index (κ3) is 6.38. The molecular formula is C30H29FN8O3S. The molecule has 0 radical (unpaired) electrons. The Bertz CT molecular complexity index is 2060. The van der Waals surface area contributed by atoms with Crippen LogP contribution in [0.1, 0.15) is 5.56 Å². The molecule has 4 aromatic heterocycles. The van der Waals surface area contributed by atoms with Gasteiger partial charge in [-0.15, -0.1) is 0 Å². The molecule has 0 aliphatic heterocycles. The Hall–Kier alpha value is -4.72. The minimum absolute atomic E-state index is 0.0285. The number of hydrogen-bond donors (Lipinski definition) is 3. The zero-order valence-electron chi connectivity index (χ0n) is 23.7. The van der Waals surface area contributed by atoms with Gasteiger partial charge in [-0.1, -0.05) is 12.1 Å². The van der Waals surface area contributed by atoms with Gasteiger partial charge in [0.1, 0.15) is 23.7 Å². The summed E-state index contributed by atoms with van der Waals surface area (Å²) < 4.78 is 46.0. The molecule has 0 bridgehead atoms. The second-order valence-electron chi connectivity index (χ2n) is 10.5. The molecule has 0 unspecified atom stereocenters. The quantitative estimate of drug-likeness (QED) is 0.211. The van der Waals surface area contributed by atoms with E-state index in [0.29, 0.717) is 57.3 Å². The number of H-pyrrole nitrogens is 2. The Morgan fingerprint density at radius 1 is 0.977 bits per heavy atom. The largest absolute Gasteiger partial charge is 0.491 e. The maximum atomic E-state index is 14.6. The molecule has 0 atom stereocenters. The number of imidazole rings is 1. The Morgan fingerprint density at radius 2 is 1.84 bits per heavy atom. The van der Waals surface area contributed by atoms with Gasteiger partial charge < -0.3 is 14.6 Å². The van der Waals surface area contributed by atoms with E-state index in [-0.39, 0.29) is 6.54 Å². The number of ether oxygens (including phenoxy) is 1.